The van der Waals surface area contributed by atoms with Gasteiger partial charge < -0.3 is 19.1 Å². The second kappa shape index (κ2) is 6.13. The van der Waals surface area contributed by atoms with Crippen LogP contribution in [0.2, 0.25) is 0 Å². The van der Waals surface area contributed by atoms with Gasteiger partial charge in [-0.05, 0) is 26.0 Å². The maximum absolute atomic E-state index is 12.8. The number of ether oxygens (including phenoxy) is 3. The molecule has 0 bridgehead atoms. The minimum Gasteiger partial charge on any atom is -0.496 e. The molecule has 2 atom stereocenters. The standard InChI is InChI=1S/C15H21NO4/c1-10-8-16(9-11(2)20-10)15(17)14-12(18-3)6-5-7-13(14)19-4/h5-7,10-11H,8-9H2,1-4H3/t10-,11-/m1/s1. The minimum atomic E-state index is -0.0821. The van der Waals surface area contributed by atoms with E-state index >= 15 is 0 Å². The first kappa shape index (κ1) is 14.7. The highest BCUT2D eigenvalue weighted by atomic mass is 16.5. The highest BCUT2D eigenvalue weighted by Crippen LogP contribution is 2.30. The molecule has 1 fully saturated rings. The summed E-state index contributed by atoms with van der Waals surface area (Å²) in [6.07, 6.45) is 0.0619. The van der Waals surface area contributed by atoms with E-state index in [2.05, 4.69) is 0 Å². The van der Waals surface area contributed by atoms with Crippen LogP contribution in [-0.4, -0.2) is 50.3 Å². The number of methoxy groups -OCH3 is 2. The van der Waals surface area contributed by atoms with Gasteiger partial charge in [-0.1, -0.05) is 6.07 Å². The lowest BCUT2D eigenvalue weighted by Crippen LogP contribution is -2.48. The third-order valence-electron chi connectivity index (χ3n) is 3.35. The smallest absolute Gasteiger partial charge is 0.261 e. The second-order valence-corrected chi connectivity index (χ2v) is 5.00. The summed E-state index contributed by atoms with van der Waals surface area (Å²) in [6, 6.07) is 5.34. The molecule has 0 aliphatic carbocycles. The van der Waals surface area contributed by atoms with E-state index in [1.165, 1.54) is 0 Å². The van der Waals surface area contributed by atoms with E-state index in [4.69, 9.17) is 14.2 Å². The number of rotatable bonds is 3. The van der Waals surface area contributed by atoms with E-state index < -0.39 is 0 Å². The SMILES string of the molecule is COc1cccc(OC)c1C(=O)N1C[C@@H](C)O[C@H](C)C1. The van der Waals surface area contributed by atoms with Crippen molar-refractivity contribution in [1.82, 2.24) is 4.90 Å². The molecule has 20 heavy (non-hydrogen) atoms. The molecule has 1 aliphatic heterocycles. The zero-order chi connectivity index (χ0) is 14.7. The second-order valence-electron chi connectivity index (χ2n) is 5.00. The molecule has 0 saturated carbocycles. The summed E-state index contributed by atoms with van der Waals surface area (Å²) >= 11 is 0. The molecule has 0 N–H and O–H groups in total. The van der Waals surface area contributed by atoms with Gasteiger partial charge in [0.1, 0.15) is 17.1 Å². The third kappa shape index (κ3) is 2.88. The number of benzene rings is 1. The first-order valence-electron chi connectivity index (χ1n) is 6.72. The topological polar surface area (TPSA) is 48.0 Å². The van der Waals surface area contributed by atoms with Crippen LogP contribution in [0.4, 0.5) is 0 Å². The van der Waals surface area contributed by atoms with Gasteiger partial charge in [0.2, 0.25) is 0 Å². The predicted octanol–water partition coefficient (Wildman–Crippen LogP) is 1.95. The van der Waals surface area contributed by atoms with Gasteiger partial charge in [-0.3, -0.25) is 4.79 Å². The number of amides is 1. The zero-order valence-electron chi connectivity index (χ0n) is 12.4. The van der Waals surface area contributed by atoms with Gasteiger partial charge in [-0.15, -0.1) is 0 Å². The molecule has 0 spiro atoms. The van der Waals surface area contributed by atoms with Crippen LogP contribution in [0.25, 0.3) is 0 Å². The summed E-state index contributed by atoms with van der Waals surface area (Å²) in [5.74, 6) is 0.976. The van der Waals surface area contributed by atoms with E-state index in [1.54, 1.807) is 37.3 Å². The van der Waals surface area contributed by atoms with Crippen molar-refractivity contribution in [3.63, 3.8) is 0 Å². The summed E-state index contributed by atoms with van der Waals surface area (Å²) in [4.78, 5) is 14.6. The Bertz CT molecular complexity index is 457. The van der Waals surface area contributed by atoms with Crippen molar-refractivity contribution in [3.8, 4) is 11.5 Å². The van der Waals surface area contributed by atoms with Crippen LogP contribution in [0.15, 0.2) is 18.2 Å². The van der Waals surface area contributed by atoms with Crippen LogP contribution in [0.3, 0.4) is 0 Å². The van der Waals surface area contributed by atoms with Crippen LogP contribution >= 0.6 is 0 Å². The lowest BCUT2D eigenvalue weighted by molar-refractivity contribution is -0.0587. The average Bonchev–Trinajstić information content (AvgIpc) is 2.44. The largest absolute Gasteiger partial charge is 0.496 e. The van der Waals surface area contributed by atoms with Gasteiger partial charge in [0.15, 0.2) is 0 Å². The zero-order valence-corrected chi connectivity index (χ0v) is 12.4. The number of nitrogens with zero attached hydrogens (tertiary/aromatic N) is 1. The van der Waals surface area contributed by atoms with Crippen molar-refractivity contribution in [2.75, 3.05) is 27.3 Å². The van der Waals surface area contributed by atoms with Gasteiger partial charge >= 0.3 is 0 Å². The molecule has 1 amide bonds. The molecule has 0 unspecified atom stereocenters. The molecule has 1 aromatic carbocycles. The fourth-order valence-corrected chi connectivity index (χ4v) is 2.56. The average molecular weight is 279 g/mol. The Balaban J connectivity index is 2.32. The molecular formula is C15H21NO4. The summed E-state index contributed by atoms with van der Waals surface area (Å²) in [6.45, 7) is 5.08. The van der Waals surface area contributed by atoms with Gasteiger partial charge in [0, 0.05) is 13.1 Å². The van der Waals surface area contributed by atoms with E-state index in [1.807, 2.05) is 13.8 Å². The first-order valence-corrected chi connectivity index (χ1v) is 6.72. The number of hydrogen-bond acceptors (Lipinski definition) is 4. The van der Waals surface area contributed by atoms with Crippen molar-refractivity contribution in [3.05, 3.63) is 23.8 Å². The van der Waals surface area contributed by atoms with Crippen molar-refractivity contribution in [2.45, 2.75) is 26.1 Å². The van der Waals surface area contributed by atoms with Crippen molar-refractivity contribution in [1.29, 1.82) is 0 Å². The van der Waals surface area contributed by atoms with E-state index in [0.717, 1.165) is 0 Å². The van der Waals surface area contributed by atoms with Crippen LogP contribution in [0.1, 0.15) is 24.2 Å². The van der Waals surface area contributed by atoms with Crippen molar-refractivity contribution in [2.24, 2.45) is 0 Å². The van der Waals surface area contributed by atoms with Crippen LogP contribution in [0, 0.1) is 0 Å². The van der Waals surface area contributed by atoms with E-state index in [0.29, 0.717) is 30.2 Å². The summed E-state index contributed by atoms with van der Waals surface area (Å²) in [5.41, 5.74) is 0.471. The lowest BCUT2D eigenvalue weighted by Gasteiger charge is -2.35. The number of morpholine rings is 1. The van der Waals surface area contributed by atoms with Gasteiger partial charge in [0.05, 0.1) is 26.4 Å². The Hall–Kier alpha value is -1.75. The monoisotopic (exact) mass is 279 g/mol. The summed E-state index contributed by atoms with van der Waals surface area (Å²) < 4.78 is 16.2. The molecule has 1 aromatic rings. The molecule has 1 aliphatic rings. The first-order chi connectivity index (χ1) is 9.56. The molecule has 5 heteroatoms. The molecule has 110 valence electrons. The quantitative estimate of drug-likeness (QED) is 0.848. The van der Waals surface area contributed by atoms with Crippen LogP contribution in [0.5, 0.6) is 11.5 Å². The predicted molar refractivity (Wildman–Crippen MR) is 75.5 cm³/mol. The lowest BCUT2D eigenvalue weighted by atomic mass is 10.1. The Morgan fingerprint density at radius 3 is 2.10 bits per heavy atom. The highest BCUT2D eigenvalue weighted by Gasteiger charge is 2.30. The maximum Gasteiger partial charge on any atom is 0.261 e. The molecule has 5 nitrogen and oxygen atoms in total. The minimum absolute atomic E-state index is 0.0309. The van der Waals surface area contributed by atoms with E-state index in [-0.39, 0.29) is 18.1 Å². The van der Waals surface area contributed by atoms with Gasteiger partial charge in [-0.2, -0.15) is 0 Å². The molecule has 1 saturated heterocycles. The normalized spacial score (nSPS) is 22.5. The molecule has 0 aromatic heterocycles. The fourth-order valence-electron chi connectivity index (χ4n) is 2.56. The maximum atomic E-state index is 12.8. The summed E-state index contributed by atoms with van der Waals surface area (Å²) in [7, 11) is 3.10. The van der Waals surface area contributed by atoms with Gasteiger partial charge in [-0.25, -0.2) is 0 Å². The molecule has 1 heterocycles. The number of carbonyl (C=O) groups excluding carboxylic acids is 1. The van der Waals surface area contributed by atoms with Crippen LogP contribution in [-0.2, 0) is 4.74 Å². The van der Waals surface area contributed by atoms with Crippen LogP contribution < -0.4 is 9.47 Å². The van der Waals surface area contributed by atoms with E-state index in [9.17, 15) is 4.79 Å². The molecule has 2 rings (SSSR count). The molecular weight excluding hydrogens is 258 g/mol. The molecule has 0 radical (unpaired) electrons. The fraction of sp³-hybridized carbons (Fsp3) is 0.533. The Labute approximate surface area is 119 Å². The number of carbonyl (C=O) groups is 1. The van der Waals surface area contributed by atoms with Crippen molar-refractivity contribution < 1.29 is 19.0 Å². The summed E-state index contributed by atoms with van der Waals surface area (Å²) in [5, 5.41) is 0. The Kier molecular flexibility index (Phi) is 4.49. The highest BCUT2D eigenvalue weighted by molar-refractivity contribution is 5.99. The number of hydrogen-bond donors (Lipinski definition) is 0. The Morgan fingerprint density at radius 2 is 1.65 bits per heavy atom. The van der Waals surface area contributed by atoms with Crippen molar-refractivity contribution >= 4 is 5.91 Å². The Morgan fingerprint density at radius 1 is 1.15 bits per heavy atom. The van der Waals surface area contributed by atoms with Gasteiger partial charge in [0.25, 0.3) is 5.91 Å². The third-order valence-corrected chi connectivity index (χ3v) is 3.35.